The first-order valence-corrected chi connectivity index (χ1v) is 6.75. The average molecular weight is 290 g/mol. The number of nitrogens with zero attached hydrogens (tertiary/aromatic N) is 1. The molecule has 1 saturated heterocycles. The molecular formula is C14H19BN2O4. The average Bonchev–Trinajstić information content (AvgIpc) is 2.57. The molecule has 2 rings (SSSR count). The molecule has 1 aliphatic rings. The fraction of sp³-hybridized carbons (Fsp3) is 0.500. The van der Waals surface area contributed by atoms with Crippen molar-refractivity contribution >= 4 is 30.7 Å². The maximum atomic E-state index is 11.1. The molecule has 0 bridgehead atoms. The van der Waals surface area contributed by atoms with E-state index >= 15 is 0 Å². The number of hydrogen-bond donors (Lipinski definition) is 1. The van der Waals surface area contributed by atoms with Gasteiger partial charge in [0, 0.05) is 12.5 Å². The minimum Gasteiger partial charge on any atom is -0.398 e. The number of carbonyl (C=O) groups is 2. The Bertz CT molecular complexity index is 570. The Morgan fingerprint density at radius 2 is 1.81 bits per heavy atom. The minimum atomic E-state index is -0.678. The van der Waals surface area contributed by atoms with Crippen LogP contribution in [0.15, 0.2) is 12.1 Å². The van der Waals surface area contributed by atoms with Gasteiger partial charge in [-0.3, -0.25) is 9.59 Å². The Labute approximate surface area is 124 Å². The summed E-state index contributed by atoms with van der Waals surface area (Å²) in [5, 5.41) is 2.56. The van der Waals surface area contributed by atoms with Crippen LogP contribution in [0.25, 0.3) is 0 Å². The van der Waals surface area contributed by atoms with Gasteiger partial charge in [0.1, 0.15) is 12.1 Å². The maximum absolute atomic E-state index is 11.1. The molecule has 1 amide bonds. The minimum absolute atomic E-state index is 0.259. The summed E-state index contributed by atoms with van der Waals surface area (Å²) >= 11 is 0. The quantitative estimate of drug-likeness (QED) is 0.667. The van der Waals surface area contributed by atoms with E-state index in [1.54, 1.807) is 6.07 Å². The van der Waals surface area contributed by atoms with Crippen molar-refractivity contribution in [2.24, 2.45) is 0 Å². The van der Waals surface area contributed by atoms with E-state index in [1.165, 1.54) is 13.0 Å². The van der Waals surface area contributed by atoms with Crippen LogP contribution in [0.4, 0.5) is 5.82 Å². The van der Waals surface area contributed by atoms with Crippen molar-refractivity contribution in [2.45, 2.75) is 45.8 Å². The zero-order valence-electron chi connectivity index (χ0n) is 12.9. The van der Waals surface area contributed by atoms with E-state index < -0.39 is 18.3 Å². The Kier molecular flexibility index (Phi) is 3.90. The normalized spacial score (nSPS) is 19.4. The third kappa shape index (κ3) is 3.14. The van der Waals surface area contributed by atoms with Crippen molar-refractivity contribution in [1.82, 2.24) is 4.98 Å². The summed E-state index contributed by atoms with van der Waals surface area (Å²) in [5.74, 6) is 0.0437. The fourth-order valence-electron chi connectivity index (χ4n) is 1.97. The van der Waals surface area contributed by atoms with Crippen molar-refractivity contribution in [3.8, 4) is 0 Å². The molecule has 6 nitrogen and oxygen atoms in total. The molecule has 0 saturated carbocycles. The first-order valence-electron chi connectivity index (χ1n) is 6.75. The van der Waals surface area contributed by atoms with Crippen LogP contribution in [0.3, 0.4) is 0 Å². The molecule has 1 fully saturated rings. The molecule has 0 radical (unpaired) electrons. The van der Waals surface area contributed by atoms with Gasteiger partial charge in [-0.1, -0.05) is 0 Å². The highest BCUT2D eigenvalue weighted by atomic mass is 16.7. The smallest absolute Gasteiger partial charge is 0.398 e. The molecule has 0 unspecified atom stereocenters. The Morgan fingerprint density at radius 3 is 2.29 bits per heavy atom. The second-order valence-electron chi connectivity index (χ2n) is 6.10. The predicted octanol–water partition coefficient (Wildman–Crippen LogP) is 1.15. The molecule has 1 aliphatic heterocycles. The van der Waals surface area contributed by atoms with Gasteiger partial charge in [0.2, 0.25) is 5.91 Å². The van der Waals surface area contributed by atoms with E-state index in [0.717, 1.165) is 0 Å². The lowest BCUT2D eigenvalue weighted by atomic mass is 9.83. The van der Waals surface area contributed by atoms with Crippen LogP contribution < -0.4 is 10.9 Å². The van der Waals surface area contributed by atoms with E-state index in [1.807, 2.05) is 27.7 Å². The number of nitrogens with one attached hydrogen (secondary N) is 1. The van der Waals surface area contributed by atoms with Gasteiger partial charge in [-0.25, -0.2) is 4.98 Å². The predicted molar refractivity (Wildman–Crippen MR) is 79.6 cm³/mol. The van der Waals surface area contributed by atoms with E-state index in [-0.39, 0.29) is 5.91 Å². The zero-order chi connectivity index (χ0) is 15.8. The third-order valence-corrected chi connectivity index (χ3v) is 3.80. The van der Waals surface area contributed by atoms with Crippen molar-refractivity contribution in [1.29, 1.82) is 0 Å². The van der Waals surface area contributed by atoms with E-state index in [9.17, 15) is 9.59 Å². The summed E-state index contributed by atoms with van der Waals surface area (Å²) in [7, 11) is -0.678. The molecule has 1 N–H and O–H groups in total. The maximum Gasteiger partial charge on any atom is 0.514 e. The highest BCUT2D eigenvalue weighted by Crippen LogP contribution is 2.36. The van der Waals surface area contributed by atoms with Crippen LogP contribution in [-0.2, 0) is 14.1 Å². The molecule has 21 heavy (non-hydrogen) atoms. The van der Waals surface area contributed by atoms with Crippen LogP contribution in [-0.4, -0.2) is 35.5 Å². The van der Waals surface area contributed by atoms with Crippen molar-refractivity contribution in [3.05, 3.63) is 17.7 Å². The molecule has 0 aromatic carbocycles. The van der Waals surface area contributed by atoms with E-state index in [4.69, 9.17) is 9.31 Å². The lowest BCUT2D eigenvalue weighted by molar-refractivity contribution is -0.114. The van der Waals surface area contributed by atoms with Gasteiger partial charge in [0.05, 0.1) is 16.8 Å². The molecule has 2 heterocycles. The van der Waals surface area contributed by atoms with Crippen LogP contribution in [0.2, 0.25) is 0 Å². The highest BCUT2D eigenvalue weighted by molar-refractivity contribution is 6.61. The standard InChI is InChI=1S/C14H19BN2O4/c1-9(19)16-12-7-10(8-18)6-11(17-12)15-20-13(2,3)14(4,5)21-15/h6-8H,1-5H3,(H,16,17,19). The number of aromatic nitrogens is 1. The number of hydrogen-bond acceptors (Lipinski definition) is 5. The lowest BCUT2D eigenvalue weighted by Gasteiger charge is -2.32. The highest BCUT2D eigenvalue weighted by Gasteiger charge is 2.52. The van der Waals surface area contributed by atoms with Gasteiger partial charge in [0.15, 0.2) is 0 Å². The summed E-state index contributed by atoms with van der Waals surface area (Å²) in [4.78, 5) is 26.5. The van der Waals surface area contributed by atoms with Crippen LogP contribution in [0.1, 0.15) is 45.0 Å². The van der Waals surface area contributed by atoms with E-state index in [0.29, 0.717) is 23.3 Å². The molecule has 1 aromatic heterocycles. The molecule has 0 aliphatic carbocycles. The Morgan fingerprint density at radius 1 is 1.24 bits per heavy atom. The Balaban J connectivity index is 2.36. The molecule has 1 aromatic rings. The lowest BCUT2D eigenvalue weighted by Crippen LogP contribution is -2.41. The Hall–Kier alpha value is -1.73. The van der Waals surface area contributed by atoms with Gasteiger partial charge < -0.3 is 14.6 Å². The fourth-order valence-corrected chi connectivity index (χ4v) is 1.97. The second kappa shape index (κ2) is 5.24. The van der Waals surface area contributed by atoms with Crippen LogP contribution >= 0.6 is 0 Å². The van der Waals surface area contributed by atoms with Crippen molar-refractivity contribution < 1.29 is 18.9 Å². The topological polar surface area (TPSA) is 77.5 Å². The van der Waals surface area contributed by atoms with Gasteiger partial charge >= 0.3 is 7.12 Å². The van der Waals surface area contributed by atoms with Crippen LogP contribution in [0, 0.1) is 0 Å². The first-order chi connectivity index (χ1) is 9.64. The summed E-state index contributed by atoms with van der Waals surface area (Å²) in [6.45, 7) is 9.12. The third-order valence-electron chi connectivity index (χ3n) is 3.80. The zero-order valence-corrected chi connectivity index (χ0v) is 12.9. The largest absolute Gasteiger partial charge is 0.514 e. The molecule has 0 spiro atoms. The summed E-state index contributed by atoms with van der Waals surface area (Å²) in [6.07, 6.45) is 0.696. The molecule has 7 heteroatoms. The van der Waals surface area contributed by atoms with Gasteiger partial charge in [0.25, 0.3) is 0 Å². The summed E-state index contributed by atoms with van der Waals surface area (Å²) in [5.41, 5.74) is -0.129. The molecular weight excluding hydrogens is 271 g/mol. The SMILES string of the molecule is CC(=O)Nc1cc(C=O)cc(B2OC(C)(C)C(C)(C)O2)n1. The number of pyridine rings is 1. The van der Waals surface area contributed by atoms with Gasteiger partial charge in [-0.05, 0) is 39.8 Å². The first kappa shape index (κ1) is 15.7. The van der Waals surface area contributed by atoms with Crippen LogP contribution in [0.5, 0.6) is 0 Å². The van der Waals surface area contributed by atoms with E-state index in [2.05, 4.69) is 10.3 Å². The number of amides is 1. The number of aldehydes is 1. The number of anilines is 1. The van der Waals surface area contributed by atoms with Crippen molar-refractivity contribution in [3.63, 3.8) is 0 Å². The summed E-state index contributed by atoms with van der Waals surface area (Å²) in [6, 6.07) is 3.10. The number of carbonyl (C=O) groups excluding carboxylic acids is 2. The van der Waals surface area contributed by atoms with Gasteiger partial charge in [-0.2, -0.15) is 0 Å². The van der Waals surface area contributed by atoms with Gasteiger partial charge in [-0.15, -0.1) is 0 Å². The molecule has 112 valence electrons. The number of rotatable bonds is 3. The summed E-state index contributed by atoms with van der Waals surface area (Å²) < 4.78 is 11.8. The monoisotopic (exact) mass is 290 g/mol. The molecule has 0 atom stereocenters. The second-order valence-corrected chi connectivity index (χ2v) is 6.10. The van der Waals surface area contributed by atoms with Crippen molar-refractivity contribution in [2.75, 3.05) is 5.32 Å².